The Hall–Kier alpha value is -2.86. The maximum absolute atomic E-state index is 12.1. The van der Waals surface area contributed by atoms with Crippen molar-refractivity contribution in [2.24, 2.45) is 0 Å². The summed E-state index contributed by atoms with van der Waals surface area (Å²) >= 11 is 0. The molecule has 0 saturated carbocycles. The van der Waals surface area contributed by atoms with Gasteiger partial charge in [-0.15, -0.1) is 0 Å². The van der Waals surface area contributed by atoms with Gasteiger partial charge in [-0.3, -0.25) is 9.69 Å². The number of nitrogens with zero attached hydrogens (tertiary/aromatic N) is 1. The van der Waals surface area contributed by atoms with Gasteiger partial charge in [-0.25, -0.2) is 4.79 Å². The standard InChI is InChI=1S/C19H22N2O4/c1-21(11-10-14-6-4-3-5-7-14)13-18(23)20-15-8-9-16(17(22)12-15)19(24)25-2/h3-9,12,22H,10-11,13H2,1-2H3,(H,20,23). The average molecular weight is 342 g/mol. The van der Waals surface area contributed by atoms with Crippen LogP contribution in [0.4, 0.5) is 5.69 Å². The Labute approximate surface area is 147 Å². The molecule has 0 unspecified atom stereocenters. The number of nitrogens with one attached hydrogen (secondary N) is 1. The van der Waals surface area contributed by atoms with E-state index in [1.54, 1.807) is 6.07 Å². The van der Waals surface area contributed by atoms with Gasteiger partial charge in [-0.2, -0.15) is 0 Å². The summed E-state index contributed by atoms with van der Waals surface area (Å²) in [5.41, 5.74) is 1.70. The summed E-state index contributed by atoms with van der Waals surface area (Å²) in [5.74, 6) is -1.06. The number of phenols is 1. The molecule has 6 heteroatoms. The molecule has 2 N–H and O–H groups in total. The Bertz CT molecular complexity index is 731. The fourth-order valence-corrected chi connectivity index (χ4v) is 2.38. The van der Waals surface area contributed by atoms with Crippen molar-refractivity contribution >= 4 is 17.6 Å². The highest BCUT2D eigenvalue weighted by Crippen LogP contribution is 2.22. The van der Waals surface area contributed by atoms with E-state index in [9.17, 15) is 14.7 Å². The molecule has 0 radical (unpaired) electrons. The summed E-state index contributed by atoms with van der Waals surface area (Å²) in [7, 11) is 3.11. The summed E-state index contributed by atoms with van der Waals surface area (Å²) in [4.78, 5) is 25.4. The molecule has 0 heterocycles. The minimum absolute atomic E-state index is 0.0560. The number of esters is 1. The summed E-state index contributed by atoms with van der Waals surface area (Å²) < 4.78 is 4.56. The molecular weight excluding hydrogens is 320 g/mol. The number of ether oxygens (including phenoxy) is 1. The number of likely N-dealkylation sites (N-methyl/N-ethyl adjacent to an activating group) is 1. The van der Waals surface area contributed by atoms with Gasteiger partial charge in [0.05, 0.1) is 13.7 Å². The number of benzene rings is 2. The van der Waals surface area contributed by atoms with E-state index in [4.69, 9.17) is 0 Å². The maximum atomic E-state index is 12.1. The lowest BCUT2D eigenvalue weighted by molar-refractivity contribution is -0.117. The van der Waals surface area contributed by atoms with Crippen molar-refractivity contribution < 1.29 is 19.4 Å². The molecule has 0 atom stereocenters. The van der Waals surface area contributed by atoms with Crippen molar-refractivity contribution in [2.45, 2.75) is 6.42 Å². The molecule has 0 bridgehead atoms. The fraction of sp³-hybridized carbons (Fsp3) is 0.263. The van der Waals surface area contributed by atoms with Crippen LogP contribution in [0.15, 0.2) is 48.5 Å². The minimum atomic E-state index is -0.629. The Balaban J connectivity index is 1.85. The summed E-state index contributed by atoms with van der Waals surface area (Å²) in [6.45, 7) is 0.982. The zero-order chi connectivity index (χ0) is 18.2. The third-order valence-electron chi connectivity index (χ3n) is 3.73. The molecule has 0 aliphatic heterocycles. The number of aromatic hydroxyl groups is 1. The van der Waals surface area contributed by atoms with Gasteiger partial charge < -0.3 is 15.2 Å². The second-order valence-electron chi connectivity index (χ2n) is 5.75. The van der Waals surface area contributed by atoms with E-state index in [-0.39, 0.29) is 23.8 Å². The van der Waals surface area contributed by atoms with E-state index < -0.39 is 5.97 Å². The van der Waals surface area contributed by atoms with Crippen molar-refractivity contribution in [3.05, 3.63) is 59.7 Å². The molecule has 0 spiro atoms. The number of carbonyl (C=O) groups is 2. The summed E-state index contributed by atoms with van der Waals surface area (Å²) in [6.07, 6.45) is 0.860. The minimum Gasteiger partial charge on any atom is -0.507 e. The topological polar surface area (TPSA) is 78.9 Å². The van der Waals surface area contributed by atoms with Gasteiger partial charge in [0.2, 0.25) is 5.91 Å². The van der Waals surface area contributed by atoms with Gasteiger partial charge in [0.25, 0.3) is 0 Å². The molecule has 6 nitrogen and oxygen atoms in total. The number of phenolic OH excluding ortho intramolecular Hbond substituents is 1. The lowest BCUT2D eigenvalue weighted by atomic mass is 10.1. The van der Waals surface area contributed by atoms with Crippen LogP contribution in [-0.4, -0.2) is 49.1 Å². The first kappa shape index (κ1) is 18.5. The molecule has 0 saturated heterocycles. The average Bonchev–Trinajstić information content (AvgIpc) is 2.60. The largest absolute Gasteiger partial charge is 0.507 e. The maximum Gasteiger partial charge on any atom is 0.341 e. The molecule has 2 aromatic carbocycles. The molecule has 0 aliphatic rings. The number of anilines is 1. The fourth-order valence-electron chi connectivity index (χ4n) is 2.38. The van der Waals surface area contributed by atoms with E-state index in [2.05, 4.69) is 22.2 Å². The van der Waals surface area contributed by atoms with Crippen molar-refractivity contribution in [1.82, 2.24) is 4.90 Å². The number of carbonyl (C=O) groups excluding carboxylic acids is 2. The predicted octanol–water partition coefficient (Wildman–Crippen LogP) is 2.29. The third-order valence-corrected chi connectivity index (χ3v) is 3.73. The molecule has 25 heavy (non-hydrogen) atoms. The highest BCUT2D eigenvalue weighted by molar-refractivity contribution is 5.95. The number of hydrogen-bond donors (Lipinski definition) is 2. The van der Waals surface area contributed by atoms with E-state index >= 15 is 0 Å². The summed E-state index contributed by atoms with van der Waals surface area (Å²) in [6, 6.07) is 14.4. The Kier molecular flexibility index (Phi) is 6.54. The van der Waals surface area contributed by atoms with Crippen molar-refractivity contribution in [3.8, 4) is 5.75 Å². The zero-order valence-electron chi connectivity index (χ0n) is 14.4. The molecule has 1 amide bonds. The number of amides is 1. The lowest BCUT2D eigenvalue weighted by Gasteiger charge is -2.16. The smallest absolute Gasteiger partial charge is 0.341 e. The Morgan fingerprint density at radius 1 is 1.16 bits per heavy atom. The van der Waals surface area contributed by atoms with Gasteiger partial charge in [0.15, 0.2) is 0 Å². The van der Waals surface area contributed by atoms with E-state index in [0.29, 0.717) is 5.69 Å². The number of methoxy groups -OCH3 is 1. The van der Waals surface area contributed by atoms with Gasteiger partial charge in [0, 0.05) is 18.3 Å². The first-order valence-corrected chi connectivity index (χ1v) is 7.93. The molecule has 2 rings (SSSR count). The molecule has 2 aromatic rings. The van der Waals surface area contributed by atoms with Crippen LogP contribution in [-0.2, 0) is 16.0 Å². The quantitative estimate of drug-likeness (QED) is 0.755. The van der Waals surface area contributed by atoms with E-state index in [0.717, 1.165) is 13.0 Å². The Morgan fingerprint density at radius 3 is 2.52 bits per heavy atom. The van der Waals surface area contributed by atoms with Crippen LogP contribution >= 0.6 is 0 Å². The predicted molar refractivity (Wildman–Crippen MR) is 95.7 cm³/mol. The molecule has 0 fully saturated rings. The normalized spacial score (nSPS) is 10.5. The molecule has 0 aromatic heterocycles. The highest BCUT2D eigenvalue weighted by atomic mass is 16.5. The number of rotatable bonds is 7. The van der Waals surface area contributed by atoms with Crippen LogP contribution in [0.2, 0.25) is 0 Å². The van der Waals surface area contributed by atoms with E-state index in [1.165, 1.54) is 24.8 Å². The van der Waals surface area contributed by atoms with E-state index in [1.807, 2.05) is 30.1 Å². The van der Waals surface area contributed by atoms with Gasteiger partial charge in [0.1, 0.15) is 11.3 Å². The van der Waals surface area contributed by atoms with Gasteiger partial charge >= 0.3 is 5.97 Å². The van der Waals surface area contributed by atoms with Crippen LogP contribution in [0.25, 0.3) is 0 Å². The van der Waals surface area contributed by atoms with Crippen molar-refractivity contribution in [1.29, 1.82) is 0 Å². The third kappa shape index (κ3) is 5.61. The number of hydrogen-bond acceptors (Lipinski definition) is 5. The molecular formula is C19H22N2O4. The monoisotopic (exact) mass is 342 g/mol. The molecule has 132 valence electrons. The second-order valence-corrected chi connectivity index (χ2v) is 5.75. The second kappa shape index (κ2) is 8.84. The van der Waals surface area contributed by atoms with Crippen molar-refractivity contribution in [2.75, 3.05) is 32.6 Å². The van der Waals surface area contributed by atoms with Crippen LogP contribution in [0.1, 0.15) is 15.9 Å². The first-order valence-electron chi connectivity index (χ1n) is 7.93. The van der Waals surface area contributed by atoms with Gasteiger partial charge in [-0.05, 0) is 31.2 Å². The highest BCUT2D eigenvalue weighted by Gasteiger charge is 2.13. The SMILES string of the molecule is COC(=O)c1ccc(NC(=O)CN(C)CCc2ccccc2)cc1O. The van der Waals surface area contributed by atoms with Crippen LogP contribution in [0, 0.1) is 0 Å². The lowest BCUT2D eigenvalue weighted by Crippen LogP contribution is -2.31. The van der Waals surface area contributed by atoms with Crippen LogP contribution in [0.5, 0.6) is 5.75 Å². The summed E-state index contributed by atoms with van der Waals surface area (Å²) in [5, 5.41) is 12.5. The zero-order valence-corrected chi connectivity index (χ0v) is 14.4. The van der Waals surface area contributed by atoms with Crippen molar-refractivity contribution in [3.63, 3.8) is 0 Å². The van der Waals surface area contributed by atoms with Gasteiger partial charge in [-0.1, -0.05) is 30.3 Å². The van der Waals surface area contributed by atoms with Crippen LogP contribution in [0.3, 0.4) is 0 Å². The first-order chi connectivity index (χ1) is 12.0. The molecule has 0 aliphatic carbocycles. The Morgan fingerprint density at radius 2 is 1.88 bits per heavy atom. The van der Waals surface area contributed by atoms with Crippen LogP contribution < -0.4 is 5.32 Å².